The number of hydrogen-bond donors (Lipinski definition) is 3. The van der Waals surface area contributed by atoms with Gasteiger partial charge in [0.25, 0.3) is 5.56 Å². The molecule has 0 aliphatic carbocycles. The third-order valence-electron chi connectivity index (χ3n) is 6.93. The minimum absolute atomic E-state index is 0.0436. The Kier molecular flexibility index (Phi) is 5.38. The van der Waals surface area contributed by atoms with Crippen molar-refractivity contribution < 1.29 is 28.9 Å². The highest BCUT2D eigenvalue weighted by Crippen LogP contribution is 2.42. The number of pyridine rings is 2. The van der Waals surface area contributed by atoms with Crippen molar-refractivity contribution in [1.29, 1.82) is 0 Å². The highest BCUT2D eigenvalue weighted by molar-refractivity contribution is 5.91. The van der Waals surface area contributed by atoms with Crippen molar-refractivity contribution in [3.05, 3.63) is 50.8 Å². The standard InChI is InChI=1S/C25H24N4O7/c26-8-21(30)27-4-2-1-3-12-13-6-19-20(36-11-35-19)7-17(13)28-22-15(12)9-29-18(22)5-14-16(24(29)32)10-34-25(33)23(14)31/h5-7,23,31H,1-4,8-11,26H2,(H,27,30)/t23-/m0/s1. The van der Waals surface area contributed by atoms with E-state index in [-0.39, 0.29) is 42.5 Å². The predicted octanol–water partition coefficient (Wildman–Crippen LogP) is 0.642. The molecule has 11 heteroatoms. The second-order valence-electron chi connectivity index (χ2n) is 9.02. The number of esters is 1. The van der Waals surface area contributed by atoms with Crippen LogP contribution in [-0.2, 0) is 33.9 Å². The van der Waals surface area contributed by atoms with Gasteiger partial charge in [-0.3, -0.25) is 9.59 Å². The molecule has 5 heterocycles. The molecular weight excluding hydrogens is 468 g/mol. The van der Waals surface area contributed by atoms with Crippen LogP contribution in [0.4, 0.5) is 0 Å². The summed E-state index contributed by atoms with van der Waals surface area (Å²) in [6.07, 6.45) is 0.718. The Balaban J connectivity index is 1.44. The Bertz CT molecular complexity index is 1500. The molecule has 1 atom stereocenters. The number of amides is 1. The fraction of sp³-hybridized carbons (Fsp3) is 0.360. The normalized spacial score (nSPS) is 16.9. The van der Waals surface area contributed by atoms with Crippen LogP contribution in [0.3, 0.4) is 0 Å². The third kappa shape index (κ3) is 3.50. The lowest BCUT2D eigenvalue weighted by Gasteiger charge is -2.21. The number of aryl methyl sites for hydroxylation is 1. The minimum Gasteiger partial charge on any atom is -0.458 e. The van der Waals surface area contributed by atoms with Gasteiger partial charge in [-0.25, -0.2) is 9.78 Å². The first-order valence-electron chi connectivity index (χ1n) is 11.8. The maximum absolute atomic E-state index is 13.3. The van der Waals surface area contributed by atoms with Gasteiger partial charge in [0.05, 0.1) is 35.6 Å². The van der Waals surface area contributed by atoms with Crippen LogP contribution in [0, 0.1) is 0 Å². The molecule has 6 rings (SSSR count). The zero-order valence-electron chi connectivity index (χ0n) is 19.3. The van der Waals surface area contributed by atoms with Crippen molar-refractivity contribution in [3.63, 3.8) is 0 Å². The molecule has 1 amide bonds. The highest BCUT2D eigenvalue weighted by atomic mass is 16.7. The lowest BCUT2D eigenvalue weighted by Crippen LogP contribution is -2.32. The van der Waals surface area contributed by atoms with Crippen LogP contribution in [-0.4, -0.2) is 46.4 Å². The summed E-state index contributed by atoms with van der Waals surface area (Å²) in [6, 6.07) is 5.42. The smallest absolute Gasteiger partial charge is 0.340 e. The number of fused-ring (bicyclic) bond motifs is 6. The number of aliphatic hydroxyl groups is 1. The molecule has 0 radical (unpaired) electrons. The van der Waals surface area contributed by atoms with E-state index in [4.69, 9.17) is 24.9 Å². The molecule has 3 aromatic rings. The number of benzene rings is 1. The second kappa shape index (κ2) is 8.61. The summed E-state index contributed by atoms with van der Waals surface area (Å²) in [4.78, 5) is 41.6. The van der Waals surface area contributed by atoms with Crippen LogP contribution in [0.1, 0.15) is 41.2 Å². The van der Waals surface area contributed by atoms with Gasteiger partial charge >= 0.3 is 5.97 Å². The molecule has 186 valence electrons. The Morgan fingerprint density at radius 2 is 1.94 bits per heavy atom. The van der Waals surface area contributed by atoms with Crippen LogP contribution in [0.25, 0.3) is 22.3 Å². The number of ether oxygens (including phenoxy) is 3. The number of carbonyl (C=O) groups is 2. The fourth-order valence-corrected chi connectivity index (χ4v) is 5.11. The molecule has 0 fully saturated rings. The van der Waals surface area contributed by atoms with Gasteiger partial charge in [-0.1, -0.05) is 0 Å². The topological polar surface area (TPSA) is 155 Å². The zero-order valence-corrected chi connectivity index (χ0v) is 19.3. The third-order valence-corrected chi connectivity index (χ3v) is 6.93. The Morgan fingerprint density at radius 3 is 2.75 bits per heavy atom. The molecular formula is C25H24N4O7. The maximum atomic E-state index is 13.3. The van der Waals surface area contributed by atoms with Gasteiger partial charge in [0.2, 0.25) is 12.7 Å². The van der Waals surface area contributed by atoms with E-state index in [1.54, 1.807) is 10.6 Å². The Hall–Kier alpha value is -3.96. The van der Waals surface area contributed by atoms with Gasteiger partial charge in [0, 0.05) is 29.1 Å². The van der Waals surface area contributed by atoms with Gasteiger partial charge in [0.1, 0.15) is 6.61 Å². The quantitative estimate of drug-likeness (QED) is 0.260. The lowest BCUT2D eigenvalue weighted by molar-refractivity contribution is -0.157. The SMILES string of the molecule is NCC(=O)NCCCCc1c2c(nc3cc4c(cc13)OCO4)-c1cc3c(c(=O)n1C2)COC(=O)[C@H]3O. The molecule has 1 aromatic carbocycles. The summed E-state index contributed by atoms with van der Waals surface area (Å²) in [7, 11) is 0. The monoisotopic (exact) mass is 492 g/mol. The number of cyclic esters (lactones) is 1. The lowest BCUT2D eigenvalue weighted by atomic mass is 9.95. The van der Waals surface area contributed by atoms with E-state index >= 15 is 0 Å². The number of nitrogens with zero attached hydrogens (tertiary/aromatic N) is 2. The first kappa shape index (κ1) is 22.5. The molecule has 2 aromatic heterocycles. The number of rotatable bonds is 6. The first-order chi connectivity index (χ1) is 17.5. The van der Waals surface area contributed by atoms with Crippen LogP contribution < -0.4 is 26.1 Å². The van der Waals surface area contributed by atoms with Crippen LogP contribution in [0.15, 0.2) is 23.0 Å². The molecule has 0 spiro atoms. The van der Waals surface area contributed by atoms with Crippen molar-refractivity contribution in [2.24, 2.45) is 5.73 Å². The van der Waals surface area contributed by atoms with Gasteiger partial charge < -0.3 is 34.9 Å². The van der Waals surface area contributed by atoms with Crippen molar-refractivity contribution in [2.45, 2.75) is 38.5 Å². The van der Waals surface area contributed by atoms with Crippen molar-refractivity contribution in [2.75, 3.05) is 19.9 Å². The van der Waals surface area contributed by atoms with Gasteiger partial charge in [0.15, 0.2) is 17.6 Å². The van der Waals surface area contributed by atoms with E-state index in [1.165, 1.54) is 0 Å². The average Bonchev–Trinajstić information content (AvgIpc) is 3.49. The predicted molar refractivity (Wildman–Crippen MR) is 126 cm³/mol. The highest BCUT2D eigenvalue weighted by Gasteiger charge is 2.35. The van der Waals surface area contributed by atoms with E-state index in [2.05, 4.69) is 5.32 Å². The van der Waals surface area contributed by atoms with Crippen molar-refractivity contribution in [3.8, 4) is 22.9 Å². The summed E-state index contributed by atoms with van der Waals surface area (Å²) >= 11 is 0. The number of aliphatic hydroxyl groups excluding tert-OH is 1. The van der Waals surface area contributed by atoms with Crippen LogP contribution in [0.5, 0.6) is 11.5 Å². The van der Waals surface area contributed by atoms with Crippen molar-refractivity contribution >= 4 is 22.8 Å². The van der Waals surface area contributed by atoms with E-state index in [0.717, 1.165) is 29.4 Å². The molecule has 3 aliphatic heterocycles. The van der Waals surface area contributed by atoms with Gasteiger partial charge in [-0.05, 0) is 37.0 Å². The van der Waals surface area contributed by atoms with Gasteiger partial charge in [-0.2, -0.15) is 0 Å². The van der Waals surface area contributed by atoms with E-state index in [9.17, 15) is 19.5 Å². The molecule has 0 saturated carbocycles. The fourth-order valence-electron chi connectivity index (χ4n) is 5.11. The van der Waals surface area contributed by atoms with E-state index < -0.39 is 12.1 Å². The summed E-state index contributed by atoms with van der Waals surface area (Å²) in [5, 5.41) is 14.1. The molecule has 0 bridgehead atoms. The minimum atomic E-state index is -1.51. The second-order valence-corrected chi connectivity index (χ2v) is 9.02. The summed E-state index contributed by atoms with van der Waals surface area (Å²) in [5.41, 5.74) is 9.42. The van der Waals surface area contributed by atoms with Gasteiger partial charge in [-0.15, -0.1) is 0 Å². The summed E-state index contributed by atoms with van der Waals surface area (Å²) < 4.78 is 17.7. The van der Waals surface area contributed by atoms with Crippen molar-refractivity contribution in [1.82, 2.24) is 14.9 Å². The number of nitrogens with two attached hydrogens (primary N) is 1. The molecule has 0 unspecified atom stereocenters. The largest absolute Gasteiger partial charge is 0.458 e. The maximum Gasteiger partial charge on any atom is 0.340 e. The zero-order chi connectivity index (χ0) is 25.0. The van der Waals surface area contributed by atoms with E-state index in [1.807, 2.05) is 12.1 Å². The Morgan fingerprint density at radius 1 is 1.14 bits per heavy atom. The van der Waals surface area contributed by atoms with E-state index in [0.29, 0.717) is 47.9 Å². The molecule has 0 saturated heterocycles. The number of hydrogen-bond acceptors (Lipinski definition) is 9. The summed E-state index contributed by atoms with van der Waals surface area (Å²) in [5.74, 6) is 0.278. The van der Waals surface area contributed by atoms with Crippen LogP contribution >= 0.6 is 0 Å². The average molecular weight is 492 g/mol. The molecule has 11 nitrogen and oxygen atoms in total. The number of aromatic nitrogens is 2. The summed E-state index contributed by atoms with van der Waals surface area (Å²) in [6.45, 7) is 0.764. The Labute approximate surface area is 204 Å². The number of unbranched alkanes of at least 4 members (excludes halogenated alkanes) is 1. The number of nitrogens with one attached hydrogen (secondary N) is 1. The first-order valence-corrected chi connectivity index (χ1v) is 11.8. The van der Waals surface area contributed by atoms with Crippen LogP contribution in [0.2, 0.25) is 0 Å². The number of carbonyl (C=O) groups excluding carboxylic acids is 2. The molecule has 4 N–H and O–H groups in total. The molecule has 36 heavy (non-hydrogen) atoms. The molecule has 3 aliphatic rings.